The van der Waals surface area contributed by atoms with E-state index in [1.165, 1.54) is 24.3 Å². The Morgan fingerprint density at radius 1 is 1.23 bits per heavy atom. The maximum atomic E-state index is 12.7. The summed E-state index contributed by atoms with van der Waals surface area (Å²) < 4.78 is 26.6. The summed E-state index contributed by atoms with van der Waals surface area (Å²) in [6.45, 7) is 1.73. The second kappa shape index (κ2) is 8.41. The van der Waals surface area contributed by atoms with Gasteiger partial charge >= 0.3 is 5.97 Å². The summed E-state index contributed by atoms with van der Waals surface area (Å²) in [5.74, 6) is -1.35. The minimum Gasteiger partial charge on any atom is -0.480 e. The second-order valence-corrected chi connectivity index (χ2v) is 9.11. The normalized spacial score (nSPS) is 12.6. The highest BCUT2D eigenvalue weighted by atomic mass is 35.5. The van der Waals surface area contributed by atoms with E-state index in [0.29, 0.717) is 15.9 Å². The maximum absolute atomic E-state index is 12.7. The fourth-order valence-corrected chi connectivity index (χ4v) is 4.40. The average molecular weight is 451 g/mol. The van der Waals surface area contributed by atoms with Crippen molar-refractivity contribution >= 4 is 44.2 Å². The Morgan fingerprint density at radius 3 is 2.50 bits per heavy atom. The van der Waals surface area contributed by atoms with E-state index in [4.69, 9.17) is 11.6 Å². The molecule has 1 unspecified atom stereocenters. The molecule has 9 nitrogen and oxygen atoms in total. The van der Waals surface area contributed by atoms with Gasteiger partial charge in [-0.3, -0.25) is 9.10 Å². The van der Waals surface area contributed by atoms with Gasteiger partial charge in [0.15, 0.2) is 0 Å². The van der Waals surface area contributed by atoms with Gasteiger partial charge in [-0.05, 0) is 55.3 Å². The molecule has 30 heavy (non-hydrogen) atoms. The monoisotopic (exact) mass is 450 g/mol. The van der Waals surface area contributed by atoms with Gasteiger partial charge in [-0.15, -0.1) is 5.10 Å². The molecule has 3 rings (SSSR count). The summed E-state index contributed by atoms with van der Waals surface area (Å²) >= 11 is 5.85. The quantitative estimate of drug-likeness (QED) is 0.584. The minimum atomic E-state index is -3.94. The van der Waals surface area contributed by atoms with Crippen LogP contribution in [-0.4, -0.2) is 46.8 Å². The summed E-state index contributed by atoms with van der Waals surface area (Å²) in [4.78, 5) is 24.6. The first-order valence-electron chi connectivity index (χ1n) is 8.90. The number of halogens is 1. The van der Waals surface area contributed by atoms with E-state index in [0.717, 1.165) is 20.8 Å². The van der Waals surface area contributed by atoms with Crippen molar-refractivity contribution < 1.29 is 18.3 Å². The number of carbonyl (C=O) groups is 1. The molecular weight excluding hydrogens is 432 g/mol. The number of benzene rings is 2. The van der Waals surface area contributed by atoms with Crippen LogP contribution in [0.4, 0.5) is 5.69 Å². The van der Waals surface area contributed by atoms with Gasteiger partial charge in [-0.2, -0.15) is 0 Å². The maximum Gasteiger partial charge on any atom is 0.327 e. The predicted molar refractivity (Wildman–Crippen MR) is 113 cm³/mol. The van der Waals surface area contributed by atoms with Gasteiger partial charge in [0.25, 0.3) is 5.56 Å². The Kier molecular flexibility index (Phi) is 6.09. The highest BCUT2D eigenvalue weighted by molar-refractivity contribution is 7.92. The van der Waals surface area contributed by atoms with Gasteiger partial charge in [0.1, 0.15) is 11.6 Å². The number of carboxylic acid groups (broad SMARTS) is 1. The molecule has 1 atom stereocenters. The number of rotatable bonds is 7. The number of carboxylic acids is 1. The Bertz CT molecular complexity index is 1260. The van der Waals surface area contributed by atoms with E-state index in [2.05, 4.69) is 10.3 Å². The summed E-state index contributed by atoms with van der Waals surface area (Å²) in [5.41, 5.74) is 1.08. The van der Waals surface area contributed by atoms with Crippen LogP contribution in [0.25, 0.3) is 10.9 Å². The van der Waals surface area contributed by atoms with Crippen molar-refractivity contribution in [1.29, 1.82) is 0 Å². The van der Waals surface area contributed by atoms with Gasteiger partial charge in [0, 0.05) is 11.6 Å². The van der Waals surface area contributed by atoms with Crippen molar-refractivity contribution in [3.8, 4) is 0 Å². The molecular formula is C19H19ClN4O5S. The number of fused-ring (bicyclic) bond motifs is 1. The van der Waals surface area contributed by atoms with E-state index < -0.39 is 27.6 Å². The summed E-state index contributed by atoms with van der Waals surface area (Å²) in [6.07, 6.45) is 0.721. The molecule has 1 heterocycles. The number of aryl methyl sites for hydroxylation is 2. The number of nitrogens with zero attached hydrogens (tertiary/aromatic N) is 4. The van der Waals surface area contributed by atoms with E-state index in [1.54, 1.807) is 18.2 Å². The molecule has 0 amide bonds. The van der Waals surface area contributed by atoms with Gasteiger partial charge in [0.2, 0.25) is 10.0 Å². The predicted octanol–water partition coefficient (Wildman–Crippen LogP) is 2.06. The molecule has 3 aromatic rings. The van der Waals surface area contributed by atoms with Crippen molar-refractivity contribution in [2.75, 3.05) is 10.6 Å². The molecule has 0 saturated carbocycles. The lowest BCUT2D eigenvalue weighted by molar-refractivity contribution is -0.138. The molecule has 0 aliphatic rings. The first-order valence-corrected chi connectivity index (χ1v) is 11.1. The topological polar surface area (TPSA) is 122 Å². The minimum absolute atomic E-state index is 0.133. The Balaban J connectivity index is 1.95. The summed E-state index contributed by atoms with van der Waals surface area (Å²) in [7, 11) is -3.94. The third-order valence-corrected chi connectivity index (χ3v) is 5.93. The van der Waals surface area contributed by atoms with Crippen molar-refractivity contribution in [2.45, 2.75) is 25.9 Å². The fourth-order valence-electron chi connectivity index (χ4n) is 3.11. The van der Waals surface area contributed by atoms with E-state index in [-0.39, 0.29) is 18.7 Å². The van der Waals surface area contributed by atoms with Gasteiger partial charge in [-0.1, -0.05) is 22.9 Å². The van der Waals surface area contributed by atoms with Crippen LogP contribution in [0.3, 0.4) is 0 Å². The number of hydrogen-bond donors (Lipinski definition) is 1. The third kappa shape index (κ3) is 4.60. The Hall–Kier alpha value is -2.98. The van der Waals surface area contributed by atoms with E-state index in [9.17, 15) is 23.1 Å². The average Bonchev–Trinajstić information content (AvgIpc) is 2.66. The number of sulfonamides is 1. The van der Waals surface area contributed by atoms with Crippen LogP contribution >= 0.6 is 11.6 Å². The van der Waals surface area contributed by atoms with E-state index in [1.807, 2.05) is 6.92 Å². The van der Waals surface area contributed by atoms with Crippen molar-refractivity contribution in [3.63, 3.8) is 0 Å². The van der Waals surface area contributed by atoms with Crippen molar-refractivity contribution in [3.05, 3.63) is 63.4 Å². The lowest BCUT2D eigenvalue weighted by Crippen LogP contribution is -2.46. The third-order valence-electron chi connectivity index (χ3n) is 4.50. The Morgan fingerprint density at radius 2 is 1.90 bits per heavy atom. The smallest absolute Gasteiger partial charge is 0.327 e. The first-order chi connectivity index (χ1) is 14.1. The zero-order valence-corrected chi connectivity index (χ0v) is 17.8. The van der Waals surface area contributed by atoms with Gasteiger partial charge in [0.05, 0.1) is 17.3 Å². The molecule has 0 radical (unpaired) electrons. The molecule has 1 aromatic heterocycles. The first kappa shape index (κ1) is 21.7. The highest BCUT2D eigenvalue weighted by Crippen LogP contribution is 2.24. The van der Waals surface area contributed by atoms with Gasteiger partial charge < -0.3 is 5.11 Å². The van der Waals surface area contributed by atoms with Crippen LogP contribution < -0.4 is 9.86 Å². The zero-order valence-electron chi connectivity index (χ0n) is 16.2. The standard InChI is InChI=1S/C19H19ClN4O5S/c1-12-3-8-15-16(11-12)21-22-23(18(15)25)10-9-17(19(26)27)24(30(2,28)29)14-6-4-13(20)5-7-14/h3-8,11,17H,9-10H2,1-2H3,(H,26,27). The molecule has 11 heteroatoms. The van der Waals surface area contributed by atoms with Crippen molar-refractivity contribution in [1.82, 2.24) is 15.0 Å². The number of aliphatic carboxylic acids is 1. The van der Waals surface area contributed by atoms with Crippen molar-refractivity contribution in [2.24, 2.45) is 0 Å². The fraction of sp³-hybridized carbons (Fsp3) is 0.263. The lowest BCUT2D eigenvalue weighted by atomic mass is 10.1. The summed E-state index contributed by atoms with van der Waals surface area (Å²) in [5, 5.41) is 18.3. The van der Waals surface area contributed by atoms with Crippen LogP contribution in [0.5, 0.6) is 0 Å². The number of anilines is 1. The van der Waals surface area contributed by atoms with Gasteiger partial charge in [-0.25, -0.2) is 17.9 Å². The van der Waals surface area contributed by atoms with Crippen LogP contribution in [0.15, 0.2) is 47.3 Å². The molecule has 0 aliphatic heterocycles. The largest absolute Gasteiger partial charge is 0.480 e. The molecule has 0 aliphatic carbocycles. The van der Waals surface area contributed by atoms with E-state index >= 15 is 0 Å². The SMILES string of the molecule is Cc1ccc2c(=O)n(CCC(C(=O)O)N(c3ccc(Cl)cc3)S(C)(=O)=O)nnc2c1. The number of hydrogen-bond acceptors (Lipinski definition) is 6. The second-order valence-electron chi connectivity index (χ2n) is 6.82. The molecule has 158 valence electrons. The Labute approximate surface area is 177 Å². The molecule has 1 N–H and O–H groups in total. The molecule has 0 fully saturated rings. The highest BCUT2D eigenvalue weighted by Gasteiger charge is 2.32. The van der Waals surface area contributed by atoms with Crippen LogP contribution in [-0.2, 0) is 21.4 Å². The molecule has 2 aromatic carbocycles. The molecule has 0 saturated heterocycles. The lowest BCUT2D eigenvalue weighted by Gasteiger charge is -2.28. The summed E-state index contributed by atoms with van der Waals surface area (Å²) in [6, 6.07) is 9.44. The van der Waals surface area contributed by atoms with Crippen LogP contribution in [0, 0.1) is 6.92 Å². The van der Waals surface area contributed by atoms with Crippen LogP contribution in [0.1, 0.15) is 12.0 Å². The van der Waals surface area contributed by atoms with Crippen LogP contribution in [0.2, 0.25) is 5.02 Å². The number of aromatic nitrogens is 3. The zero-order chi connectivity index (χ0) is 22.1. The molecule has 0 spiro atoms. The molecule has 0 bridgehead atoms.